The number of rotatable bonds is 3. The number of nitrogens with one attached hydrogen (secondary N) is 1. The number of hydrogen-bond donors (Lipinski definition) is 1. The molecule has 1 fully saturated rings. The van der Waals surface area contributed by atoms with Crippen LogP contribution in [0.4, 0.5) is 5.69 Å². The Bertz CT molecular complexity index is 591. The van der Waals surface area contributed by atoms with E-state index >= 15 is 0 Å². The standard InChI is InChI=1S/C14H12BrN3O/c15-10-3-5-11(6-4-10)16-14(19)13-8-7-12(17-18-13)9-1-2-9/h3-9H,1-2H2,(H,16,19). The van der Waals surface area contributed by atoms with Crippen molar-refractivity contribution in [2.75, 3.05) is 5.32 Å². The van der Waals surface area contributed by atoms with Crippen molar-refractivity contribution < 1.29 is 4.79 Å². The fourth-order valence-electron chi connectivity index (χ4n) is 1.79. The summed E-state index contributed by atoms with van der Waals surface area (Å²) >= 11 is 3.35. The van der Waals surface area contributed by atoms with E-state index in [1.807, 2.05) is 30.3 Å². The first kappa shape index (κ1) is 12.3. The Balaban J connectivity index is 1.70. The predicted octanol–water partition coefficient (Wildman–Crippen LogP) is 3.37. The van der Waals surface area contributed by atoms with E-state index in [4.69, 9.17) is 0 Å². The number of benzene rings is 1. The number of carbonyl (C=O) groups excluding carboxylic acids is 1. The van der Waals surface area contributed by atoms with Gasteiger partial charge in [0.05, 0.1) is 5.69 Å². The van der Waals surface area contributed by atoms with Crippen molar-refractivity contribution in [2.24, 2.45) is 0 Å². The van der Waals surface area contributed by atoms with Gasteiger partial charge in [-0.05, 0) is 49.2 Å². The summed E-state index contributed by atoms with van der Waals surface area (Å²) in [6, 6.07) is 11.0. The molecule has 1 heterocycles. The van der Waals surface area contributed by atoms with E-state index in [2.05, 4.69) is 31.4 Å². The fraction of sp³-hybridized carbons (Fsp3) is 0.214. The average molecular weight is 318 g/mol. The van der Waals surface area contributed by atoms with Crippen LogP contribution in [-0.2, 0) is 0 Å². The summed E-state index contributed by atoms with van der Waals surface area (Å²) in [5, 5.41) is 10.9. The van der Waals surface area contributed by atoms with Gasteiger partial charge >= 0.3 is 0 Å². The molecule has 1 aliphatic carbocycles. The summed E-state index contributed by atoms with van der Waals surface area (Å²) in [5.74, 6) is 0.313. The highest BCUT2D eigenvalue weighted by molar-refractivity contribution is 9.10. The quantitative estimate of drug-likeness (QED) is 0.944. The highest BCUT2D eigenvalue weighted by atomic mass is 79.9. The van der Waals surface area contributed by atoms with Crippen LogP contribution < -0.4 is 5.32 Å². The Morgan fingerprint density at radius 3 is 2.42 bits per heavy atom. The van der Waals surface area contributed by atoms with Gasteiger partial charge in [-0.1, -0.05) is 15.9 Å². The summed E-state index contributed by atoms with van der Waals surface area (Å²) < 4.78 is 0.971. The van der Waals surface area contributed by atoms with Crippen molar-refractivity contribution in [1.82, 2.24) is 10.2 Å². The largest absolute Gasteiger partial charge is 0.321 e. The number of anilines is 1. The first-order valence-electron chi connectivity index (χ1n) is 6.13. The molecule has 19 heavy (non-hydrogen) atoms. The van der Waals surface area contributed by atoms with Crippen LogP contribution in [-0.4, -0.2) is 16.1 Å². The maximum Gasteiger partial charge on any atom is 0.276 e. The zero-order valence-electron chi connectivity index (χ0n) is 10.1. The van der Waals surface area contributed by atoms with Crippen LogP contribution in [0.5, 0.6) is 0 Å². The Kier molecular flexibility index (Phi) is 3.29. The minimum Gasteiger partial charge on any atom is -0.321 e. The van der Waals surface area contributed by atoms with Gasteiger partial charge in [-0.2, -0.15) is 5.10 Å². The second-order valence-corrected chi connectivity index (χ2v) is 5.49. The minimum atomic E-state index is -0.239. The van der Waals surface area contributed by atoms with Crippen LogP contribution in [0, 0.1) is 0 Å². The van der Waals surface area contributed by atoms with Crippen molar-refractivity contribution in [3.05, 3.63) is 52.3 Å². The highest BCUT2D eigenvalue weighted by Gasteiger charge is 2.25. The summed E-state index contributed by atoms with van der Waals surface area (Å²) in [6.07, 6.45) is 2.36. The molecule has 4 nitrogen and oxygen atoms in total. The van der Waals surface area contributed by atoms with Crippen molar-refractivity contribution in [3.8, 4) is 0 Å². The molecule has 3 rings (SSSR count). The molecule has 0 unspecified atom stereocenters. The van der Waals surface area contributed by atoms with Crippen LogP contribution in [0.25, 0.3) is 0 Å². The summed E-state index contributed by atoms with van der Waals surface area (Å²) in [7, 11) is 0. The van der Waals surface area contributed by atoms with Gasteiger partial charge in [0.2, 0.25) is 0 Å². The summed E-state index contributed by atoms with van der Waals surface area (Å²) in [5.41, 5.74) is 2.06. The number of aromatic nitrogens is 2. The van der Waals surface area contributed by atoms with Gasteiger partial charge in [0.25, 0.3) is 5.91 Å². The number of carbonyl (C=O) groups is 1. The molecule has 0 radical (unpaired) electrons. The smallest absolute Gasteiger partial charge is 0.276 e. The van der Waals surface area contributed by atoms with E-state index in [-0.39, 0.29) is 5.91 Å². The maximum absolute atomic E-state index is 12.0. The van der Waals surface area contributed by atoms with Crippen LogP contribution in [0.2, 0.25) is 0 Å². The molecule has 5 heteroatoms. The lowest BCUT2D eigenvalue weighted by Gasteiger charge is -2.04. The molecule has 1 N–H and O–H groups in total. The molecule has 0 saturated heterocycles. The Labute approximate surface area is 119 Å². The zero-order chi connectivity index (χ0) is 13.2. The molecule has 2 aromatic rings. The maximum atomic E-state index is 12.0. The molecule has 96 valence electrons. The van der Waals surface area contributed by atoms with E-state index in [9.17, 15) is 4.79 Å². The third-order valence-electron chi connectivity index (χ3n) is 3.02. The van der Waals surface area contributed by atoms with E-state index < -0.39 is 0 Å². The molecule has 1 aliphatic rings. The number of halogens is 1. The average Bonchev–Trinajstić information content (AvgIpc) is 3.26. The van der Waals surface area contributed by atoms with E-state index in [0.29, 0.717) is 11.6 Å². The van der Waals surface area contributed by atoms with Gasteiger partial charge in [-0.25, -0.2) is 0 Å². The van der Waals surface area contributed by atoms with Gasteiger partial charge in [0.15, 0.2) is 5.69 Å². The van der Waals surface area contributed by atoms with Gasteiger partial charge in [0, 0.05) is 16.1 Å². The predicted molar refractivity (Wildman–Crippen MR) is 76.1 cm³/mol. The molecule has 0 bridgehead atoms. The first-order chi connectivity index (χ1) is 9.22. The molecule has 0 aliphatic heterocycles. The molecule has 0 spiro atoms. The van der Waals surface area contributed by atoms with Crippen molar-refractivity contribution in [2.45, 2.75) is 18.8 Å². The van der Waals surface area contributed by atoms with Crippen LogP contribution in [0.1, 0.15) is 34.9 Å². The van der Waals surface area contributed by atoms with Crippen molar-refractivity contribution >= 4 is 27.5 Å². The van der Waals surface area contributed by atoms with Gasteiger partial charge in [-0.3, -0.25) is 4.79 Å². The Hall–Kier alpha value is -1.75. The third-order valence-corrected chi connectivity index (χ3v) is 3.54. The van der Waals surface area contributed by atoms with Gasteiger partial charge in [0.1, 0.15) is 0 Å². The van der Waals surface area contributed by atoms with Crippen LogP contribution >= 0.6 is 15.9 Å². The molecular formula is C14H12BrN3O. The molecule has 1 aromatic heterocycles. The van der Waals surface area contributed by atoms with E-state index in [1.165, 1.54) is 12.8 Å². The first-order valence-corrected chi connectivity index (χ1v) is 6.92. The van der Waals surface area contributed by atoms with Crippen molar-refractivity contribution in [1.29, 1.82) is 0 Å². The van der Waals surface area contributed by atoms with Gasteiger partial charge in [-0.15, -0.1) is 5.10 Å². The van der Waals surface area contributed by atoms with Crippen LogP contribution in [0.3, 0.4) is 0 Å². The van der Waals surface area contributed by atoms with Crippen LogP contribution in [0.15, 0.2) is 40.9 Å². The lowest BCUT2D eigenvalue weighted by molar-refractivity contribution is 0.102. The number of nitrogens with zero attached hydrogens (tertiary/aromatic N) is 2. The molecule has 0 atom stereocenters. The molecule has 1 aromatic carbocycles. The Morgan fingerprint density at radius 2 is 1.84 bits per heavy atom. The minimum absolute atomic E-state index is 0.239. The molecule has 1 saturated carbocycles. The van der Waals surface area contributed by atoms with Crippen molar-refractivity contribution in [3.63, 3.8) is 0 Å². The van der Waals surface area contributed by atoms with E-state index in [1.54, 1.807) is 6.07 Å². The van der Waals surface area contributed by atoms with E-state index in [0.717, 1.165) is 15.9 Å². The SMILES string of the molecule is O=C(Nc1ccc(Br)cc1)c1ccc(C2CC2)nn1. The third kappa shape index (κ3) is 2.98. The molecule has 1 amide bonds. The topological polar surface area (TPSA) is 54.9 Å². The normalized spacial score (nSPS) is 14.2. The monoisotopic (exact) mass is 317 g/mol. The molecular weight excluding hydrogens is 306 g/mol. The number of amides is 1. The lowest BCUT2D eigenvalue weighted by atomic mass is 10.2. The second-order valence-electron chi connectivity index (χ2n) is 4.58. The Morgan fingerprint density at radius 1 is 1.11 bits per heavy atom. The highest BCUT2D eigenvalue weighted by Crippen LogP contribution is 2.38. The zero-order valence-corrected chi connectivity index (χ0v) is 11.7. The summed E-state index contributed by atoms with van der Waals surface area (Å²) in [4.78, 5) is 12.0. The van der Waals surface area contributed by atoms with Gasteiger partial charge < -0.3 is 5.32 Å². The second kappa shape index (κ2) is 5.09. The summed E-state index contributed by atoms with van der Waals surface area (Å²) in [6.45, 7) is 0. The number of hydrogen-bond acceptors (Lipinski definition) is 3. The fourth-order valence-corrected chi connectivity index (χ4v) is 2.05. The lowest BCUT2D eigenvalue weighted by Crippen LogP contribution is -2.14.